The highest BCUT2D eigenvalue weighted by molar-refractivity contribution is 7.71. The first-order chi connectivity index (χ1) is 13.0. The molecule has 1 aromatic heterocycles. The molecular weight excluding hydrogens is 369 g/mol. The molecular formula is C18H16FN5O2S. The molecule has 0 spiro atoms. The molecule has 2 amide bonds. The van der Waals surface area contributed by atoms with Crippen molar-refractivity contribution in [3.05, 3.63) is 52.5 Å². The monoisotopic (exact) mass is 385 g/mol. The molecule has 0 saturated carbocycles. The highest BCUT2D eigenvalue weighted by atomic mass is 32.1. The van der Waals surface area contributed by atoms with Crippen LogP contribution in [0.25, 0.3) is 11.0 Å². The van der Waals surface area contributed by atoms with Gasteiger partial charge in [0.25, 0.3) is 5.91 Å². The zero-order valence-electron chi connectivity index (χ0n) is 14.1. The van der Waals surface area contributed by atoms with Crippen LogP contribution in [0.5, 0.6) is 0 Å². The number of benzene rings is 2. The Balaban J connectivity index is 1.55. The van der Waals surface area contributed by atoms with E-state index in [1.807, 2.05) is 17.0 Å². The van der Waals surface area contributed by atoms with E-state index in [0.29, 0.717) is 34.6 Å². The van der Waals surface area contributed by atoms with Crippen LogP contribution in [0.15, 0.2) is 36.4 Å². The predicted molar refractivity (Wildman–Crippen MR) is 103 cm³/mol. The molecule has 2 heterocycles. The third-order valence-corrected chi connectivity index (χ3v) is 4.57. The number of H-pyrrole nitrogens is 2. The smallest absolute Gasteiger partial charge is 0.257 e. The zero-order chi connectivity index (χ0) is 19.0. The van der Waals surface area contributed by atoms with Gasteiger partial charge in [-0.25, -0.2) is 4.39 Å². The third kappa shape index (κ3) is 3.54. The van der Waals surface area contributed by atoms with Crippen molar-refractivity contribution in [3.63, 3.8) is 0 Å². The number of nitrogens with one attached hydrogen (secondary N) is 4. The van der Waals surface area contributed by atoms with Crippen molar-refractivity contribution in [1.82, 2.24) is 15.3 Å². The summed E-state index contributed by atoms with van der Waals surface area (Å²) in [6.45, 7) is 1.63. The standard InChI is InChI=1S/C18H16FN5O2S/c19-10-7-13(16-14(8-10)22-18(27)23-16)17(26)21-11-1-3-12(4-2-11)24-6-5-20-15(25)9-24/h1-4,7-8H,5-6,9H2,(H,20,25)(H,21,26)(H2,22,23,27). The van der Waals surface area contributed by atoms with Crippen LogP contribution >= 0.6 is 12.2 Å². The molecule has 4 rings (SSSR count). The van der Waals surface area contributed by atoms with Gasteiger partial charge in [0.05, 0.1) is 23.1 Å². The van der Waals surface area contributed by atoms with E-state index in [1.54, 1.807) is 12.1 Å². The highest BCUT2D eigenvalue weighted by Gasteiger charge is 2.17. The number of carbonyl (C=O) groups excluding carboxylic acids is 2. The molecule has 3 aromatic rings. The SMILES string of the molecule is O=C1CN(c2ccc(NC(=O)c3cc(F)cc4[nH]c(=S)[nH]c34)cc2)CCN1. The van der Waals surface area contributed by atoms with Crippen molar-refractivity contribution in [2.45, 2.75) is 0 Å². The zero-order valence-corrected chi connectivity index (χ0v) is 15.0. The molecule has 2 aromatic carbocycles. The Morgan fingerprint density at radius 1 is 1.19 bits per heavy atom. The number of imidazole rings is 1. The average molecular weight is 385 g/mol. The topological polar surface area (TPSA) is 93.0 Å². The molecule has 0 unspecified atom stereocenters. The molecule has 0 aliphatic carbocycles. The Hall–Kier alpha value is -3.20. The largest absolute Gasteiger partial charge is 0.360 e. The Morgan fingerprint density at radius 3 is 2.70 bits per heavy atom. The number of hydrogen-bond acceptors (Lipinski definition) is 4. The normalized spacial score (nSPS) is 14.3. The second-order valence-electron chi connectivity index (χ2n) is 6.23. The summed E-state index contributed by atoms with van der Waals surface area (Å²) >= 11 is 5.02. The number of anilines is 2. The van der Waals surface area contributed by atoms with E-state index in [2.05, 4.69) is 20.6 Å². The molecule has 1 fully saturated rings. The number of piperazine rings is 1. The lowest BCUT2D eigenvalue weighted by Gasteiger charge is -2.28. The molecule has 1 aliphatic rings. The summed E-state index contributed by atoms with van der Waals surface area (Å²) in [4.78, 5) is 31.7. The fraction of sp³-hybridized carbons (Fsp3) is 0.167. The van der Waals surface area contributed by atoms with Crippen molar-refractivity contribution < 1.29 is 14.0 Å². The number of aromatic nitrogens is 2. The number of halogens is 1. The van der Waals surface area contributed by atoms with E-state index in [0.717, 1.165) is 18.3 Å². The predicted octanol–water partition coefficient (Wildman–Crippen LogP) is 2.55. The van der Waals surface area contributed by atoms with Crippen molar-refractivity contribution in [2.75, 3.05) is 29.9 Å². The Morgan fingerprint density at radius 2 is 1.96 bits per heavy atom. The number of rotatable bonds is 3. The summed E-state index contributed by atoms with van der Waals surface area (Å²) in [5.74, 6) is -0.996. The molecule has 4 N–H and O–H groups in total. The third-order valence-electron chi connectivity index (χ3n) is 4.36. The number of amides is 2. The Kier molecular flexibility index (Phi) is 4.36. The maximum atomic E-state index is 13.8. The van der Waals surface area contributed by atoms with Crippen LogP contribution in [0, 0.1) is 10.6 Å². The van der Waals surface area contributed by atoms with E-state index in [-0.39, 0.29) is 11.5 Å². The highest BCUT2D eigenvalue weighted by Crippen LogP contribution is 2.22. The van der Waals surface area contributed by atoms with Crippen LogP contribution < -0.4 is 15.5 Å². The van der Waals surface area contributed by atoms with Crippen molar-refractivity contribution in [3.8, 4) is 0 Å². The molecule has 9 heteroatoms. The first-order valence-corrected chi connectivity index (χ1v) is 8.75. The molecule has 0 bridgehead atoms. The van der Waals surface area contributed by atoms with E-state index < -0.39 is 11.7 Å². The van der Waals surface area contributed by atoms with Crippen LogP contribution in [0.3, 0.4) is 0 Å². The molecule has 1 aliphatic heterocycles. The average Bonchev–Trinajstić information content (AvgIpc) is 3.01. The van der Waals surface area contributed by atoms with E-state index in [9.17, 15) is 14.0 Å². The van der Waals surface area contributed by atoms with E-state index in [4.69, 9.17) is 12.2 Å². The second kappa shape index (κ2) is 6.84. The van der Waals surface area contributed by atoms with Gasteiger partial charge >= 0.3 is 0 Å². The number of nitrogens with zero attached hydrogens (tertiary/aromatic N) is 1. The molecule has 138 valence electrons. The lowest BCUT2D eigenvalue weighted by Crippen LogP contribution is -2.47. The van der Waals surface area contributed by atoms with Crippen molar-refractivity contribution in [1.29, 1.82) is 0 Å². The van der Waals surface area contributed by atoms with Gasteiger partial charge in [0.15, 0.2) is 4.77 Å². The fourth-order valence-electron chi connectivity index (χ4n) is 3.10. The molecule has 27 heavy (non-hydrogen) atoms. The van der Waals surface area contributed by atoms with Gasteiger partial charge in [-0.2, -0.15) is 0 Å². The van der Waals surface area contributed by atoms with Crippen LogP contribution in [0.4, 0.5) is 15.8 Å². The Bertz CT molecular complexity index is 1090. The first kappa shape index (κ1) is 17.2. The van der Waals surface area contributed by atoms with Crippen LogP contribution in [0.1, 0.15) is 10.4 Å². The van der Waals surface area contributed by atoms with Gasteiger partial charge in [-0.05, 0) is 48.6 Å². The van der Waals surface area contributed by atoms with Crippen LogP contribution in [-0.2, 0) is 4.79 Å². The minimum absolute atomic E-state index is 0.0161. The van der Waals surface area contributed by atoms with Gasteiger partial charge in [0.2, 0.25) is 5.91 Å². The lowest BCUT2D eigenvalue weighted by molar-refractivity contribution is -0.120. The summed E-state index contributed by atoms with van der Waals surface area (Å²) in [6, 6.07) is 9.60. The summed E-state index contributed by atoms with van der Waals surface area (Å²) in [5, 5.41) is 5.53. The van der Waals surface area contributed by atoms with Gasteiger partial charge in [0, 0.05) is 24.5 Å². The maximum Gasteiger partial charge on any atom is 0.257 e. The van der Waals surface area contributed by atoms with Gasteiger partial charge in [-0.3, -0.25) is 9.59 Å². The van der Waals surface area contributed by atoms with Gasteiger partial charge in [0.1, 0.15) is 5.82 Å². The first-order valence-electron chi connectivity index (χ1n) is 8.34. The lowest BCUT2D eigenvalue weighted by atomic mass is 10.1. The van der Waals surface area contributed by atoms with E-state index in [1.165, 1.54) is 6.07 Å². The summed E-state index contributed by atoms with van der Waals surface area (Å²) in [5.41, 5.74) is 2.51. The second-order valence-corrected chi connectivity index (χ2v) is 6.64. The molecule has 1 saturated heterocycles. The summed E-state index contributed by atoms with van der Waals surface area (Å²) < 4.78 is 14.1. The number of fused-ring (bicyclic) bond motifs is 1. The quantitative estimate of drug-likeness (QED) is 0.522. The molecule has 0 atom stereocenters. The summed E-state index contributed by atoms with van der Waals surface area (Å²) in [7, 11) is 0. The molecule has 7 nitrogen and oxygen atoms in total. The van der Waals surface area contributed by atoms with E-state index >= 15 is 0 Å². The fourth-order valence-corrected chi connectivity index (χ4v) is 3.31. The van der Waals surface area contributed by atoms with Crippen molar-refractivity contribution in [2.24, 2.45) is 0 Å². The van der Waals surface area contributed by atoms with Crippen molar-refractivity contribution >= 4 is 46.4 Å². The summed E-state index contributed by atoms with van der Waals surface area (Å²) in [6.07, 6.45) is 0. The number of aromatic amines is 2. The Labute approximate surface area is 158 Å². The maximum absolute atomic E-state index is 13.8. The van der Waals surface area contributed by atoms with Crippen LogP contribution in [0.2, 0.25) is 0 Å². The van der Waals surface area contributed by atoms with Crippen LogP contribution in [-0.4, -0.2) is 41.4 Å². The number of carbonyl (C=O) groups is 2. The minimum Gasteiger partial charge on any atom is -0.360 e. The molecule has 0 radical (unpaired) electrons. The van der Waals surface area contributed by atoms with Gasteiger partial charge in [-0.1, -0.05) is 0 Å². The minimum atomic E-state index is -0.531. The van der Waals surface area contributed by atoms with Gasteiger partial charge in [-0.15, -0.1) is 0 Å². The van der Waals surface area contributed by atoms with Gasteiger partial charge < -0.3 is 25.5 Å². The number of hydrogen-bond donors (Lipinski definition) is 4.